The Morgan fingerprint density at radius 1 is 1.13 bits per heavy atom. The van der Waals surface area contributed by atoms with Gasteiger partial charge < -0.3 is 10.2 Å². The summed E-state index contributed by atoms with van der Waals surface area (Å²) in [5.41, 5.74) is 1.17. The predicted molar refractivity (Wildman–Crippen MR) is 89.6 cm³/mol. The fourth-order valence-electron chi connectivity index (χ4n) is 2.33. The molecule has 0 aliphatic heterocycles. The monoisotopic (exact) mass is 325 g/mol. The molecule has 1 heterocycles. The largest absolute Gasteiger partial charge is 0.478 e. The van der Waals surface area contributed by atoms with Crippen LogP contribution in [0.15, 0.2) is 60.0 Å². The standard InChI is InChI=1S/C18H15NO3S/c1-18(22,14-8-3-2-4-9-14)17-19-15(11-23-17)12-6-5-7-13(10-12)16(20)21/h2-11,22H,1H3,(H,20,21). The van der Waals surface area contributed by atoms with Crippen LogP contribution in [0.25, 0.3) is 11.3 Å². The van der Waals surface area contributed by atoms with Crippen LogP contribution in [0.1, 0.15) is 27.9 Å². The molecule has 23 heavy (non-hydrogen) atoms. The van der Waals surface area contributed by atoms with E-state index in [0.717, 1.165) is 11.1 Å². The van der Waals surface area contributed by atoms with Crippen LogP contribution in [0, 0.1) is 0 Å². The first-order valence-electron chi connectivity index (χ1n) is 7.06. The summed E-state index contributed by atoms with van der Waals surface area (Å²) in [4.78, 5) is 15.6. The van der Waals surface area contributed by atoms with E-state index in [4.69, 9.17) is 5.11 Å². The van der Waals surface area contributed by atoms with E-state index in [9.17, 15) is 9.90 Å². The second-order valence-corrected chi connectivity index (χ2v) is 6.22. The quantitative estimate of drug-likeness (QED) is 0.766. The van der Waals surface area contributed by atoms with E-state index in [2.05, 4.69) is 4.98 Å². The maximum Gasteiger partial charge on any atom is 0.335 e. The van der Waals surface area contributed by atoms with Crippen molar-refractivity contribution >= 4 is 17.3 Å². The van der Waals surface area contributed by atoms with Crippen LogP contribution in [-0.2, 0) is 5.60 Å². The lowest BCUT2D eigenvalue weighted by atomic mass is 9.97. The van der Waals surface area contributed by atoms with Gasteiger partial charge in [-0.3, -0.25) is 0 Å². The summed E-state index contributed by atoms with van der Waals surface area (Å²) < 4.78 is 0. The summed E-state index contributed by atoms with van der Waals surface area (Å²) in [7, 11) is 0. The third kappa shape index (κ3) is 3.02. The van der Waals surface area contributed by atoms with Gasteiger partial charge in [0, 0.05) is 10.9 Å². The summed E-state index contributed by atoms with van der Waals surface area (Å²) in [5.74, 6) is -0.974. The molecule has 116 valence electrons. The topological polar surface area (TPSA) is 70.4 Å². The Bertz CT molecular complexity index is 840. The van der Waals surface area contributed by atoms with Crippen LogP contribution in [0.4, 0.5) is 0 Å². The molecule has 1 unspecified atom stereocenters. The highest BCUT2D eigenvalue weighted by molar-refractivity contribution is 7.10. The van der Waals surface area contributed by atoms with Gasteiger partial charge in [-0.2, -0.15) is 0 Å². The van der Waals surface area contributed by atoms with E-state index >= 15 is 0 Å². The van der Waals surface area contributed by atoms with E-state index in [1.165, 1.54) is 11.3 Å². The highest BCUT2D eigenvalue weighted by Gasteiger charge is 2.29. The molecule has 0 aliphatic carbocycles. The zero-order chi connectivity index (χ0) is 16.4. The summed E-state index contributed by atoms with van der Waals surface area (Å²) in [6, 6.07) is 16.0. The molecule has 0 fully saturated rings. The van der Waals surface area contributed by atoms with Crippen LogP contribution < -0.4 is 0 Å². The number of aromatic nitrogens is 1. The highest BCUT2D eigenvalue weighted by Crippen LogP contribution is 2.33. The second-order valence-electron chi connectivity index (χ2n) is 5.36. The molecule has 0 bridgehead atoms. The number of benzene rings is 2. The number of aromatic carboxylic acids is 1. The summed E-state index contributed by atoms with van der Waals surface area (Å²) in [6.45, 7) is 1.71. The lowest BCUT2D eigenvalue weighted by Gasteiger charge is -2.21. The van der Waals surface area contributed by atoms with Crippen molar-refractivity contribution in [1.82, 2.24) is 4.98 Å². The van der Waals surface area contributed by atoms with E-state index < -0.39 is 11.6 Å². The number of nitrogens with zero attached hydrogens (tertiary/aromatic N) is 1. The molecule has 0 aliphatic rings. The van der Waals surface area contributed by atoms with Gasteiger partial charge in [0.15, 0.2) is 0 Å². The number of carbonyl (C=O) groups is 1. The first-order valence-corrected chi connectivity index (χ1v) is 7.94. The number of hydrogen-bond donors (Lipinski definition) is 2. The fraction of sp³-hybridized carbons (Fsp3) is 0.111. The van der Waals surface area contributed by atoms with Gasteiger partial charge in [0.05, 0.1) is 11.3 Å². The Kier molecular flexibility index (Phi) is 3.98. The Hall–Kier alpha value is -2.50. The zero-order valence-electron chi connectivity index (χ0n) is 12.4. The molecule has 1 aromatic heterocycles. The molecular formula is C18H15NO3S. The van der Waals surface area contributed by atoms with Crippen LogP contribution in [0.3, 0.4) is 0 Å². The SMILES string of the molecule is CC(O)(c1ccccc1)c1nc(-c2cccc(C(=O)O)c2)cs1. The third-order valence-corrected chi connectivity index (χ3v) is 4.71. The fourth-order valence-corrected chi connectivity index (χ4v) is 3.24. The molecule has 3 rings (SSSR count). The van der Waals surface area contributed by atoms with E-state index in [0.29, 0.717) is 10.7 Å². The van der Waals surface area contributed by atoms with Gasteiger partial charge in [0.25, 0.3) is 0 Å². The first kappa shape index (κ1) is 15.4. The molecular weight excluding hydrogens is 310 g/mol. The molecule has 0 amide bonds. The number of carboxylic acid groups (broad SMARTS) is 1. The zero-order valence-corrected chi connectivity index (χ0v) is 13.2. The van der Waals surface area contributed by atoms with Crippen molar-refractivity contribution in [3.8, 4) is 11.3 Å². The number of hydrogen-bond acceptors (Lipinski definition) is 4. The van der Waals surface area contributed by atoms with Crippen LogP contribution >= 0.6 is 11.3 Å². The summed E-state index contributed by atoms with van der Waals surface area (Å²) in [6.07, 6.45) is 0. The molecule has 0 spiro atoms. The number of carboxylic acids is 1. The van der Waals surface area contributed by atoms with Crippen molar-refractivity contribution in [3.05, 3.63) is 76.1 Å². The van der Waals surface area contributed by atoms with Gasteiger partial charge in [0.1, 0.15) is 10.6 Å². The molecule has 1 atom stereocenters. The number of rotatable bonds is 4. The molecule has 2 aromatic carbocycles. The number of thiazole rings is 1. The van der Waals surface area contributed by atoms with E-state index in [1.807, 2.05) is 41.8 Å². The van der Waals surface area contributed by atoms with Crippen molar-refractivity contribution in [2.45, 2.75) is 12.5 Å². The number of aliphatic hydroxyl groups is 1. The summed E-state index contributed by atoms with van der Waals surface area (Å²) >= 11 is 1.35. The van der Waals surface area contributed by atoms with Crippen LogP contribution in [-0.4, -0.2) is 21.2 Å². The minimum absolute atomic E-state index is 0.215. The lowest BCUT2D eigenvalue weighted by molar-refractivity contribution is 0.0697. The Morgan fingerprint density at radius 3 is 2.57 bits per heavy atom. The van der Waals surface area contributed by atoms with Crippen LogP contribution in [0.5, 0.6) is 0 Å². The van der Waals surface area contributed by atoms with Crippen molar-refractivity contribution < 1.29 is 15.0 Å². The molecule has 2 N–H and O–H groups in total. The smallest absolute Gasteiger partial charge is 0.335 e. The lowest BCUT2D eigenvalue weighted by Crippen LogP contribution is -2.22. The van der Waals surface area contributed by atoms with Crippen molar-refractivity contribution in [2.24, 2.45) is 0 Å². The predicted octanol–water partition coefficient (Wildman–Crippen LogP) is 3.76. The third-order valence-electron chi connectivity index (χ3n) is 3.66. The average Bonchev–Trinajstić information content (AvgIpc) is 3.06. The maximum atomic E-state index is 11.1. The minimum atomic E-state index is -1.19. The van der Waals surface area contributed by atoms with Gasteiger partial charge in [0.2, 0.25) is 0 Å². The van der Waals surface area contributed by atoms with Crippen molar-refractivity contribution in [3.63, 3.8) is 0 Å². The Labute approximate surface area is 137 Å². The van der Waals surface area contributed by atoms with Gasteiger partial charge in [-0.1, -0.05) is 42.5 Å². The average molecular weight is 325 g/mol. The van der Waals surface area contributed by atoms with Gasteiger partial charge >= 0.3 is 5.97 Å². The van der Waals surface area contributed by atoms with Gasteiger partial charge in [-0.05, 0) is 24.6 Å². The van der Waals surface area contributed by atoms with Crippen LogP contribution in [0.2, 0.25) is 0 Å². The molecule has 4 nitrogen and oxygen atoms in total. The van der Waals surface area contributed by atoms with E-state index in [1.54, 1.807) is 25.1 Å². The second kappa shape index (κ2) is 5.95. The minimum Gasteiger partial charge on any atom is -0.478 e. The van der Waals surface area contributed by atoms with Crippen molar-refractivity contribution in [1.29, 1.82) is 0 Å². The van der Waals surface area contributed by atoms with Gasteiger partial charge in [-0.15, -0.1) is 11.3 Å². The molecule has 0 saturated heterocycles. The molecule has 0 saturated carbocycles. The molecule has 5 heteroatoms. The Morgan fingerprint density at radius 2 is 1.87 bits per heavy atom. The normalized spacial score (nSPS) is 13.5. The Balaban J connectivity index is 1.98. The molecule has 0 radical (unpaired) electrons. The first-order chi connectivity index (χ1) is 11.0. The van der Waals surface area contributed by atoms with Crippen molar-refractivity contribution in [2.75, 3.05) is 0 Å². The highest BCUT2D eigenvalue weighted by atomic mass is 32.1. The van der Waals surface area contributed by atoms with E-state index in [-0.39, 0.29) is 5.56 Å². The maximum absolute atomic E-state index is 11.1. The summed E-state index contributed by atoms with van der Waals surface area (Å²) in [5, 5.41) is 22.3. The van der Waals surface area contributed by atoms with Gasteiger partial charge in [-0.25, -0.2) is 9.78 Å². The molecule has 3 aromatic rings.